The van der Waals surface area contributed by atoms with E-state index >= 15 is 0 Å². The molecule has 0 aromatic carbocycles. The van der Waals surface area contributed by atoms with Gasteiger partial charge < -0.3 is 15.7 Å². The Morgan fingerprint density at radius 1 is 1.30 bits per heavy atom. The summed E-state index contributed by atoms with van der Waals surface area (Å²) in [6.45, 7) is 5.29. The maximum absolute atomic E-state index is 11.2. The third kappa shape index (κ3) is 3.73. The maximum atomic E-state index is 11.2. The smallest absolute Gasteiger partial charge is 0.323 e. The van der Waals surface area contributed by atoms with Crippen molar-refractivity contribution in [2.75, 3.05) is 19.6 Å². The monoisotopic (exact) mass is 282 g/mol. The third-order valence-electron chi connectivity index (χ3n) is 5.53. The van der Waals surface area contributed by atoms with Gasteiger partial charge >= 0.3 is 5.97 Å². The first-order valence-electron chi connectivity index (χ1n) is 8.30. The number of carboxylic acid groups (broad SMARTS) is 1. The van der Waals surface area contributed by atoms with E-state index in [1.807, 2.05) is 6.92 Å². The summed E-state index contributed by atoms with van der Waals surface area (Å²) in [5, 5.41) is 9.19. The fraction of sp³-hybridized carbons (Fsp3) is 0.938. The summed E-state index contributed by atoms with van der Waals surface area (Å²) in [6.07, 6.45) is 8.97. The highest BCUT2D eigenvalue weighted by molar-refractivity contribution is 5.78. The third-order valence-corrected chi connectivity index (χ3v) is 5.53. The van der Waals surface area contributed by atoms with E-state index in [-0.39, 0.29) is 0 Å². The molecule has 0 aromatic heterocycles. The number of piperidine rings is 1. The molecule has 2 rings (SSSR count). The van der Waals surface area contributed by atoms with Crippen LogP contribution in [-0.4, -0.2) is 41.1 Å². The molecule has 1 aliphatic heterocycles. The van der Waals surface area contributed by atoms with Gasteiger partial charge in [0.05, 0.1) is 0 Å². The molecule has 1 aliphatic carbocycles. The van der Waals surface area contributed by atoms with Gasteiger partial charge in [-0.05, 0) is 57.0 Å². The lowest BCUT2D eigenvalue weighted by molar-refractivity contribution is -0.143. The molecule has 3 atom stereocenters. The molecule has 116 valence electrons. The van der Waals surface area contributed by atoms with Crippen LogP contribution in [0.1, 0.15) is 58.3 Å². The van der Waals surface area contributed by atoms with Crippen LogP contribution >= 0.6 is 0 Å². The second-order valence-corrected chi connectivity index (χ2v) is 6.81. The van der Waals surface area contributed by atoms with Crippen molar-refractivity contribution in [3.8, 4) is 0 Å². The number of nitrogens with two attached hydrogens (primary N) is 1. The molecule has 0 bridgehead atoms. The van der Waals surface area contributed by atoms with Gasteiger partial charge in [-0.2, -0.15) is 0 Å². The van der Waals surface area contributed by atoms with Gasteiger partial charge in [-0.3, -0.25) is 4.79 Å². The molecule has 1 heterocycles. The second kappa shape index (κ2) is 6.90. The largest absolute Gasteiger partial charge is 0.480 e. The SMILES string of the molecule is CCC(N)(CCCN1CCC2CCCCC2C1)C(=O)O. The van der Waals surface area contributed by atoms with Gasteiger partial charge in [0, 0.05) is 6.54 Å². The summed E-state index contributed by atoms with van der Waals surface area (Å²) >= 11 is 0. The summed E-state index contributed by atoms with van der Waals surface area (Å²) in [6, 6.07) is 0. The van der Waals surface area contributed by atoms with Crippen LogP contribution in [0.3, 0.4) is 0 Å². The van der Waals surface area contributed by atoms with Crippen molar-refractivity contribution in [2.45, 2.75) is 63.8 Å². The first kappa shape index (κ1) is 15.8. The van der Waals surface area contributed by atoms with Gasteiger partial charge in [-0.15, -0.1) is 0 Å². The standard InChI is InChI=1S/C16H30N2O2/c1-2-16(17,15(19)20)9-5-10-18-11-8-13-6-3-4-7-14(13)12-18/h13-14H,2-12,17H2,1H3,(H,19,20). The number of aliphatic carboxylic acids is 1. The Labute approximate surface area is 122 Å². The van der Waals surface area contributed by atoms with Gasteiger partial charge in [-0.25, -0.2) is 0 Å². The topological polar surface area (TPSA) is 66.6 Å². The van der Waals surface area contributed by atoms with Gasteiger partial charge in [0.15, 0.2) is 0 Å². The van der Waals surface area contributed by atoms with Gasteiger partial charge in [0.25, 0.3) is 0 Å². The lowest BCUT2D eigenvalue weighted by Crippen LogP contribution is -2.48. The number of hydrogen-bond acceptors (Lipinski definition) is 3. The zero-order chi connectivity index (χ0) is 14.6. The molecule has 4 heteroatoms. The maximum Gasteiger partial charge on any atom is 0.323 e. The van der Waals surface area contributed by atoms with Gasteiger partial charge in [-0.1, -0.05) is 26.2 Å². The zero-order valence-electron chi connectivity index (χ0n) is 12.8. The number of nitrogens with zero attached hydrogens (tertiary/aromatic N) is 1. The molecule has 2 fully saturated rings. The van der Waals surface area contributed by atoms with E-state index in [9.17, 15) is 9.90 Å². The molecule has 0 radical (unpaired) electrons. The molecule has 3 unspecified atom stereocenters. The Balaban J connectivity index is 1.73. The number of likely N-dealkylation sites (tertiary alicyclic amines) is 1. The van der Waals surface area contributed by atoms with Crippen LogP contribution in [0.15, 0.2) is 0 Å². The summed E-state index contributed by atoms with van der Waals surface area (Å²) in [5.74, 6) is 1.00. The van der Waals surface area contributed by atoms with Crippen molar-refractivity contribution in [1.82, 2.24) is 4.90 Å². The Morgan fingerprint density at radius 2 is 2.00 bits per heavy atom. The highest BCUT2D eigenvalue weighted by atomic mass is 16.4. The minimum Gasteiger partial charge on any atom is -0.480 e. The van der Waals surface area contributed by atoms with E-state index in [1.165, 1.54) is 45.2 Å². The summed E-state index contributed by atoms with van der Waals surface area (Å²) in [4.78, 5) is 13.7. The summed E-state index contributed by atoms with van der Waals surface area (Å²) in [7, 11) is 0. The van der Waals surface area contributed by atoms with E-state index in [0.717, 1.165) is 24.8 Å². The highest BCUT2D eigenvalue weighted by Crippen LogP contribution is 2.36. The van der Waals surface area contributed by atoms with Crippen molar-refractivity contribution in [1.29, 1.82) is 0 Å². The van der Waals surface area contributed by atoms with Crippen molar-refractivity contribution >= 4 is 5.97 Å². The minimum absolute atomic E-state index is 0.507. The van der Waals surface area contributed by atoms with Crippen LogP contribution < -0.4 is 5.73 Å². The lowest BCUT2D eigenvalue weighted by atomic mass is 9.75. The van der Waals surface area contributed by atoms with Crippen molar-refractivity contribution < 1.29 is 9.90 Å². The van der Waals surface area contributed by atoms with Crippen LogP contribution in [-0.2, 0) is 4.79 Å². The number of carboxylic acids is 1. The fourth-order valence-electron chi connectivity index (χ4n) is 3.93. The van der Waals surface area contributed by atoms with E-state index in [4.69, 9.17) is 5.73 Å². The van der Waals surface area contributed by atoms with E-state index < -0.39 is 11.5 Å². The Bertz CT molecular complexity index is 334. The molecule has 0 spiro atoms. The van der Waals surface area contributed by atoms with Crippen molar-refractivity contribution in [3.63, 3.8) is 0 Å². The molecule has 1 saturated heterocycles. The van der Waals surface area contributed by atoms with Crippen molar-refractivity contribution in [2.24, 2.45) is 17.6 Å². The van der Waals surface area contributed by atoms with E-state index in [0.29, 0.717) is 12.8 Å². The summed E-state index contributed by atoms with van der Waals surface area (Å²) in [5.41, 5.74) is 4.92. The molecule has 4 nitrogen and oxygen atoms in total. The van der Waals surface area contributed by atoms with Crippen LogP contribution in [0.4, 0.5) is 0 Å². The quantitative estimate of drug-likeness (QED) is 0.785. The normalized spacial score (nSPS) is 30.5. The lowest BCUT2D eigenvalue weighted by Gasteiger charge is -2.41. The van der Waals surface area contributed by atoms with Crippen LogP contribution in [0.5, 0.6) is 0 Å². The number of fused-ring (bicyclic) bond motifs is 1. The fourth-order valence-corrected chi connectivity index (χ4v) is 3.93. The van der Waals surface area contributed by atoms with Crippen LogP contribution in [0.25, 0.3) is 0 Å². The number of hydrogen-bond donors (Lipinski definition) is 2. The van der Waals surface area contributed by atoms with Crippen molar-refractivity contribution in [3.05, 3.63) is 0 Å². The Hall–Kier alpha value is -0.610. The minimum atomic E-state index is -1.02. The predicted molar refractivity (Wildman–Crippen MR) is 80.6 cm³/mol. The molecule has 0 aromatic rings. The predicted octanol–water partition coefficient (Wildman–Crippen LogP) is 2.47. The molecule has 3 N–H and O–H groups in total. The Kier molecular flexibility index (Phi) is 5.44. The molecule has 2 aliphatic rings. The van der Waals surface area contributed by atoms with E-state index in [1.54, 1.807) is 0 Å². The first-order chi connectivity index (χ1) is 9.55. The van der Waals surface area contributed by atoms with E-state index in [2.05, 4.69) is 4.90 Å². The molecular weight excluding hydrogens is 252 g/mol. The average Bonchev–Trinajstić information content (AvgIpc) is 2.46. The number of carbonyl (C=O) groups is 1. The number of rotatable bonds is 6. The Morgan fingerprint density at radius 3 is 2.65 bits per heavy atom. The van der Waals surface area contributed by atoms with Gasteiger partial charge in [0.2, 0.25) is 0 Å². The molecule has 20 heavy (non-hydrogen) atoms. The summed E-state index contributed by atoms with van der Waals surface area (Å²) < 4.78 is 0. The average molecular weight is 282 g/mol. The van der Waals surface area contributed by atoms with Crippen LogP contribution in [0.2, 0.25) is 0 Å². The molecular formula is C16H30N2O2. The van der Waals surface area contributed by atoms with Crippen LogP contribution in [0, 0.1) is 11.8 Å². The molecule has 0 amide bonds. The first-order valence-corrected chi connectivity index (χ1v) is 8.30. The zero-order valence-corrected chi connectivity index (χ0v) is 12.8. The second-order valence-electron chi connectivity index (χ2n) is 6.81. The highest BCUT2D eigenvalue weighted by Gasteiger charge is 2.33. The molecule has 1 saturated carbocycles. The van der Waals surface area contributed by atoms with Gasteiger partial charge in [0.1, 0.15) is 5.54 Å².